The molecule has 0 aliphatic heterocycles. The molecule has 1 amide bonds. The average molecular weight is 552 g/mol. The molecule has 0 aromatic heterocycles. The molecule has 0 spiro atoms. The van der Waals surface area contributed by atoms with Crippen molar-refractivity contribution in [1.82, 2.24) is 0 Å². The van der Waals surface area contributed by atoms with E-state index < -0.39 is 16.8 Å². The summed E-state index contributed by atoms with van der Waals surface area (Å²) in [5.41, 5.74) is 0.161. The smallest absolute Gasteiger partial charge is 0.343 e. The molecule has 1 N–H and O–H groups in total. The number of hydrogen-bond acceptors (Lipinski definition) is 8. The highest BCUT2D eigenvalue weighted by Crippen LogP contribution is 2.30. The van der Waals surface area contributed by atoms with Gasteiger partial charge in [-0.1, -0.05) is 15.9 Å². The number of benzene rings is 3. The number of esters is 1. The molecule has 3 aromatic rings. The molecule has 11 heteroatoms. The predicted octanol–water partition coefficient (Wildman–Crippen LogP) is 5.14. The number of carbonyl (C=O) groups excluding carboxylic acids is 2. The summed E-state index contributed by atoms with van der Waals surface area (Å²) in [6.45, 7) is 0. The number of nitrogens with one attached hydrogen (secondary N) is 1. The number of nitrogens with zero attached hydrogens (tertiary/aromatic N) is 2. The summed E-state index contributed by atoms with van der Waals surface area (Å²) in [7, 11) is 2.80. The van der Waals surface area contributed by atoms with Gasteiger partial charge >= 0.3 is 5.97 Å². The molecule has 3 aromatic carbocycles. The number of amides is 1. The normalized spacial score (nSPS) is 10.7. The van der Waals surface area contributed by atoms with E-state index in [9.17, 15) is 25.0 Å². The van der Waals surface area contributed by atoms with Gasteiger partial charge in [0.05, 0.1) is 36.5 Å². The van der Waals surface area contributed by atoms with Crippen molar-refractivity contribution in [3.05, 3.63) is 92.0 Å². The topological polar surface area (TPSA) is 141 Å². The molecule has 10 nitrogen and oxygen atoms in total. The van der Waals surface area contributed by atoms with E-state index in [-0.39, 0.29) is 39.6 Å². The number of nitro benzene ring substituents is 1. The monoisotopic (exact) mass is 551 g/mol. The van der Waals surface area contributed by atoms with Crippen molar-refractivity contribution < 1.29 is 28.7 Å². The van der Waals surface area contributed by atoms with Crippen molar-refractivity contribution in [3.63, 3.8) is 0 Å². The van der Waals surface area contributed by atoms with E-state index in [0.717, 1.165) is 6.07 Å². The van der Waals surface area contributed by atoms with Crippen molar-refractivity contribution in [2.75, 3.05) is 19.5 Å². The van der Waals surface area contributed by atoms with E-state index in [1.165, 1.54) is 38.5 Å². The van der Waals surface area contributed by atoms with Gasteiger partial charge in [0.2, 0.25) is 0 Å². The van der Waals surface area contributed by atoms with Crippen LogP contribution in [0.3, 0.4) is 0 Å². The Kier molecular flexibility index (Phi) is 8.38. The molecule has 0 atom stereocenters. The molecule has 0 aliphatic carbocycles. The fourth-order valence-corrected chi connectivity index (χ4v) is 3.38. The van der Waals surface area contributed by atoms with Crippen molar-refractivity contribution in [3.8, 4) is 23.3 Å². The average Bonchev–Trinajstić information content (AvgIpc) is 2.88. The second kappa shape index (κ2) is 11.6. The minimum Gasteiger partial charge on any atom is -0.497 e. The van der Waals surface area contributed by atoms with Crippen LogP contribution in [0.2, 0.25) is 0 Å². The van der Waals surface area contributed by atoms with Crippen LogP contribution in [0.5, 0.6) is 17.2 Å². The third-order valence-electron chi connectivity index (χ3n) is 4.81. The van der Waals surface area contributed by atoms with Crippen LogP contribution in [-0.2, 0) is 4.79 Å². The number of hydrogen-bond donors (Lipinski definition) is 1. The van der Waals surface area contributed by atoms with Gasteiger partial charge in [0.1, 0.15) is 28.9 Å². The maximum Gasteiger partial charge on any atom is 0.343 e. The molecule has 0 bridgehead atoms. The molecule has 0 aliphatic rings. The lowest BCUT2D eigenvalue weighted by molar-refractivity contribution is -0.384. The first-order valence-corrected chi connectivity index (χ1v) is 11.0. The Balaban J connectivity index is 1.88. The van der Waals surface area contributed by atoms with Gasteiger partial charge in [0.25, 0.3) is 11.6 Å². The molecule has 0 unspecified atom stereocenters. The molecular weight excluding hydrogens is 534 g/mol. The summed E-state index contributed by atoms with van der Waals surface area (Å²) in [4.78, 5) is 35.8. The van der Waals surface area contributed by atoms with Crippen LogP contribution in [-0.4, -0.2) is 31.0 Å². The molecule has 0 fully saturated rings. The first-order valence-electron chi connectivity index (χ1n) is 10.2. The summed E-state index contributed by atoms with van der Waals surface area (Å²) in [6.07, 6.45) is 1.26. The van der Waals surface area contributed by atoms with Gasteiger partial charge in [0.15, 0.2) is 0 Å². The molecule has 0 radical (unpaired) electrons. The van der Waals surface area contributed by atoms with Gasteiger partial charge < -0.3 is 19.5 Å². The number of carbonyl (C=O) groups is 2. The summed E-state index contributed by atoms with van der Waals surface area (Å²) >= 11 is 3.32. The van der Waals surface area contributed by atoms with E-state index in [1.807, 2.05) is 6.07 Å². The molecule has 0 saturated carbocycles. The highest BCUT2D eigenvalue weighted by molar-refractivity contribution is 9.10. The van der Waals surface area contributed by atoms with E-state index in [2.05, 4.69) is 21.2 Å². The SMILES string of the molecule is COc1ccc(C(=O)Oc2ccc(Br)cc2/C=C(\C#N)C(=O)Nc2ccc([N+](=O)[O-])cc2OC)cc1. The predicted molar refractivity (Wildman–Crippen MR) is 134 cm³/mol. The lowest BCUT2D eigenvalue weighted by Crippen LogP contribution is -2.14. The quantitative estimate of drug-likeness (QED) is 0.101. The lowest BCUT2D eigenvalue weighted by Gasteiger charge is -2.11. The van der Waals surface area contributed by atoms with Crippen molar-refractivity contribution in [2.24, 2.45) is 0 Å². The van der Waals surface area contributed by atoms with E-state index >= 15 is 0 Å². The highest BCUT2D eigenvalue weighted by atomic mass is 79.9. The van der Waals surface area contributed by atoms with Crippen LogP contribution in [0.25, 0.3) is 6.08 Å². The Hall–Kier alpha value is -4.69. The Morgan fingerprint density at radius 1 is 1.03 bits per heavy atom. The minimum absolute atomic E-state index is 0.0476. The summed E-state index contributed by atoms with van der Waals surface area (Å²) < 4.78 is 16.3. The second-order valence-electron chi connectivity index (χ2n) is 7.07. The number of non-ortho nitro benzene ring substituents is 1. The van der Waals surface area contributed by atoms with Crippen LogP contribution < -0.4 is 19.5 Å². The lowest BCUT2D eigenvalue weighted by atomic mass is 10.1. The molecule has 0 heterocycles. The number of methoxy groups -OCH3 is 2. The van der Waals surface area contributed by atoms with Crippen molar-refractivity contribution in [2.45, 2.75) is 0 Å². The van der Waals surface area contributed by atoms with Crippen molar-refractivity contribution in [1.29, 1.82) is 5.26 Å². The van der Waals surface area contributed by atoms with E-state index in [0.29, 0.717) is 10.2 Å². The molecule has 182 valence electrons. The van der Waals surface area contributed by atoms with Crippen LogP contribution in [0.4, 0.5) is 11.4 Å². The van der Waals surface area contributed by atoms with Gasteiger partial charge in [-0.3, -0.25) is 14.9 Å². The number of anilines is 1. The minimum atomic E-state index is -0.794. The Morgan fingerprint density at radius 3 is 2.36 bits per heavy atom. The fourth-order valence-electron chi connectivity index (χ4n) is 3.00. The van der Waals surface area contributed by atoms with Crippen molar-refractivity contribution >= 4 is 45.3 Å². The Bertz CT molecular complexity index is 1400. The molecular formula is C25H18BrN3O7. The van der Waals surface area contributed by atoms with Gasteiger partial charge in [-0.25, -0.2) is 4.79 Å². The molecule has 3 rings (SSSR count). The second-order valence-corrected chi connectivity index (χ2v) is 7.98. The Morgan fingerprint density at radius 2 is 1.75 bits per heavy atom. The third-order valence-corrected chi connectivity index (χ3v) is 5.30. The Labute approximate surface area is 214 Å². The largest absolute Gasteiger partial charge is 0.497 e. The van der Waals surface area contributed by atoms with Gasteiger partial charge in [0, 0.05) is 16.1 Å². The standard InChI is InChI=1S/C25H18BrN3O7/c1-34-20-7-3-15(4-8-20)25(31)36-22-10-5-18(26)12-16(22)11-17(14-27)24(30)28-21-9-6-19(29(32)33)13-23(21)35-2/h3-13H,1-2H3,(H,28,30)/b17-11+. The number of rotatable bonds is 8. The summed E-state index contributed by atoms with van der Waals surface area (Å²) in [5.74, 6) is -0.697. The highest BCUT2D eigenvalue weighted by Gasteiger charge is 2.18. The summed E-state index contributed by atoms with van der Waals surface area (Å²) in [6, 6.07) is 16.5. The van der Waals surface area contributed by atoms with E-state index in [1.54, 1.807) is 36.4 Å². The van der Waals surface area contributed by atoms with Crippen LogP contribution in [0.15, 0.2) is 70.7 Å². The van der Waals surface area contributed by atoms with Gasteiger partial charge in [-0.05, 0) is 54.6 Å². The first kappa shape index (κ1) is 25.9. The number of nitro groups is 1. The zero-order valence-corrected chi connectivity index (χ0v) is 20.6. The number of ether oxygens (including phenoxy) is 3. The number of halogens is 1. The molecule has 0 saturated heterocycles. The first-order chi connectivity index (χ1) is 17.2. The van der Waals surface area contributed by atoms with Crippen LogP contribution >= 0.6 is 15.9 Å². The number of nitriles is 1. The van der Waals surface area contributed by atoms with Crippen LogP contribution in [0.1, 0.15) is 15.9 Å². The third kappa shape index (κ3) is 6.25. The maximum absolute atomic E-state index is 12.8. The fraction of sp³-hybridized carbons (Fsp3) is 0.0800. The maximum atomic E-state index is 12.8. The van der Waals surface area contributed by atoms with E-state index in [4.69, 9.17) is 14.2 Å². The zero-order chi connectivity index (χ0) is 26.2. The van der Waals surface area contributed by atoms with Crippen LogP contribution in [0, 0.1) is 21.4 Å². The summed E-state index contributed by atoms with van der Waals surface area (Å²) in [5, 5.41) is 23.1. The molecule has 36 heavy (non-hydrogen) atoms. The van der Waals surface area contributed by atoms with Gasteiger partial charge in [-0.15, -0.1) is 0 Å². The zero-order valence-electron chi connectivity index (χ0n) is 19.0. The van der Waals surface area contributed by atoms with Gasteiger partial charge in [-0.2, -0.15) is 5.26 Å².